The fraction of sp³-hybridized carbons (Fsp3) is 1.00. The highest BCUT2D eigenvalue weighted by Gasteiger charge is 1.90. The van der Waals surface area contributed by atoms with E-state index in [-0.39, 0.29) is 20.0 Å². The number of hydrogen-bond acceptors (Lipinski definition) is 2. The zero-order chi connectivity index (χ0) is 4.99. The third kappa shape index (κ3) is 5.92. The van der Waals surface area contributed by atoms with Crippen LogP contribution in [0.3, 0.4) is 0 Å². The molecule has 2 heteroatoms. The Morgan fingerprint density at radius 2 is 2.14 bits per heavy atom. The molecule has 0 aromatic rings. The van der Waals surface area contributed by atoms with Crippen LogP contribution in [0.2, 0.25) is 0 Å². The van der Waals surface area contributed by atoms with Gasteiger partial charge in [0, 0.05) is 6.61 Å². The fourth-order valence-electron chi connectivity index (χ4n) is 0.0745. The molecule has 0 spiro atoms. The van der Waals surface area contributed by atoms with Crippen LogP contribution in [-0.2, 0) is 0 Å². The SMILES string of the molecule is C.CC(CN)CO. The van der Waals surface area contributed by atoms with Crippen molar-refractivity contribution in [1.82, 2.24) is 0 Å². The molecule has 0 saturated carbocycles. The Bertz CT molecular complexity index is 27.3. The summed E-state index contributed by atoms with van der Waals surface area (Å²) < 4.78 is 0. The van der Waals surface area contributed by atoms with Crippen LogP contribution in [0.25, 0.3) is 0 Å². The summed E-state index contributed by atoms with van der Waals surface area (Å²) in [5.74, 6) is 0.269. The minimum absolute atomic E-state index is 0. The Balaban J connectivity index is 0. The van der Waals surface area contributed by atoms with E-state index in [9.17, 15) is 0 Å². The van der Waals surface area contributed by atoms with Crippen molar-refractivity contribution in [2.45, 2.75) is 14.4 Å². The molecule has 0 heterocycles. The van der Waals surface area contributed by atoms with Gasteiger partial charge in [-0.15, -0.1) is 0 Å². The van der Waals surface area contributed by atoms with E-state index in [1.165, 1.54) is 0 Å². The summed E-state index contributed by atoms with van der Waals surface area (Å²) in [5.41, 5.74) is 5.12. The second kappa shape index (κ2) is 5.92. The first-order valence-electron chi connectivity index (χ1n) is 2.12. The Kier molecular flexibility index (Phi) is 8.47. The molecule has 7 heavy (non-hydrogen) atoms. The lowest BCUT2D eigenvalue weighted by Gasteiger charge is -1.98. The Morgan fingerprint density at radius 1 is 1.71 bits per heavy atom. The summed E-state index contributed by atoms with van der Waals surface area (Å²) in [5, 5.41) is 8.25. The van der Waals surface area contributed by atoms with Crippen molar-refractivity contribution < 1.29 is 5.11 Å². The van der Waals surface area contributed by atoms with Crippen LogP contribution >= 0.6 is 0 Å². The van der Waals surface area contributed by atoms with E-state index >= 15 is 0 Å². The van der Waals surface area contributed by atoms with Gasteiger partial charge in [-0.25, -0.2) is 0 Å². The largest absolute Gasteiger partial charge is 0.396 e. The summed E-state index contributed by atoms with van der Waals surface area (Å²) in [6.45, 7) is 2.69. The average Bonchev–Trinajstić information content (AvgIpc) is 1.65. The maximum atomic E-state index is 8.25. The molecule has 0 aliphatic rings. The van der Waals surface area contributed by atoms with E-state index in [1.807, 2.05) is 6.92 Å². The topological polar surface area (TPSA) is 46.2 Å². The molecule has 0 aliphatic carbocycles. The molecular formula is C5H15NO. The highest BCUT2D eigenvalue weighted by atomic mass is 16.3. The van der Waals surface area contributed by atoms with Gasteiger partial charge in [-0.1, -0.05) is 14.4 Å². The van der Waals surface area contributed by atoms with Crippen molar-refractivity contribution in [2.75, 3.05) is 13.2 Å². The van der Waals surface area contributed by atoms with Crippen LogP contribution in [0.4, 0.5) is 0 Å². The maximum absolute atomic E-state index is 8.25. The average molecular weight is 105 g/mol. The van der Waals surface area contributed by atoms with E-state index in [4.69, 9.17) is 10.8 Å². The van der Waals surface area contributed by atoms with Gasteiger partial charge >= 0.3 is 0 Å². The molecule has 1 unspecified atom stereocenters. The predicted molar refractivity (Wildman–Crippen MR) is 32.0 cm³/mol. The van der Waals surface area contributed by atoms with Gasteiger partial charge in [-0.3, -0.25) is 0 Å². The molecule has 1 atom stereocenters. The Morgan fingerprint density at radius 3 is 2.14 bits per heavy atom. The lowest BCUT2D eigenvalue weighted by Crippen LogP contribution is -2.13. The van der Waals surface area contributed by atoms with Crippen LogP contribution in [0.15, 0.2) is 0 Å². The van der Waals surface area contributed by atoms with E-state index in [0.717, 1.165) is 0 Å². The van der Waals surface area contributed by atoms with Crippen LogP contribution in [0, 0.1) is 5.92 Å². The highest BCUT2D eigenvalue weighted by molar-refractivity contribution is 4.45. The summed E-state index contributed by atoms with van der Waals surface area (Å²) in [6, 6.07) is 0. The Labute approximate surface area is 45.3 Å². The predicted octanol–water partition coefficient (Wildman–Crippen LogP) is 0.210. The number of aliphatic hydroxyl groups excluding tert-OH is 1. The number of hydrogen-bond donors (Lipinski definition) is 2. The molecule has 3 N–H and O–H groups in total. The van der Waals surface area contributed by atoms with Crippen LogP contribution in [0.1, 0.15) is 14.4 Å². The number of nitrogens with two attached hydrogens (primary N) is 1. The normalized spacial score (nSPS) is 12.4. The summed E-state index contributed by atoms with van der Waals surface area (Å²) in [6.07, 6.45) is 0. The third-order valence-corrected chi connectivity index (χ3v) is 0.714. The van der Waals surface area contributed by atoms with E-state index < -0.39 is 0 Å². The molecule has 0 amide bonds. The minimum Gasteiger partial charge on any atom is -0.396 e. The van der Waals surface area contributed by atoms with Gasteiger partial charge in [0.25, 0.3) is 0 Å². The first-order valence-corrected chi connectivity index (χ1v) is 2.12. The molecule has 0 rings (SSSR count). The van der Waals surface area contributed by atoms with E-state index in [2.05, 4.69) is 0 Å². The van der Waals surface area contributed by atoms with Gasteiger partial charge in [-0.05, 0) is 12.5 Å². The zero-order valence-electron chi connectivity index (χ0n) is 4.02. The standard InChI is InChI=1S/C4H11NO.CH4/c1-4(2-5)3-6;/h4,6H,2-3,5H2,1H3;1H4. The van der Waals surface area contributed by atoms with Crippen LogP contribution in [-0.4, -0.2) is 18.3 Å². The molecule has 0 bridgehead atoms. The molecule has 2 nitrogen and oxygen atoms in total. The molecule has 46 valence electrons. The second-order valence-electron chi connectivity index (χ2n) is 1.52. The lowest BCUT2D eigenvalue weighted by atomic mass is 10.2. The molecule has 0 saturated heterocycles. The van der Waals surface area contributed by atoms with Crippen molar-refractivity contribution in [2.24, 2.45) is 11.7 Å². The molecule has 0 fully saturated rings. The molecule has 0 aromatic carbocycles. The van der Waals surface area contributed by atoms with Crippen molar-refractivity contribution in [1.29, 1.82) is 0 Å². The van der Waals surface area contributed by atoms with Crippen molar-refractivity contribution in [3.8, 4) is 0 Å². The van der Waals surface area contributed by atoms with Crippen LogP contribution < -0.4 is 5.73 Å². The first kappa shape index (κ1) is 10.0. The number of aliphatic hydroxyl groups is 1. The second-order valence-corrected chi connectivity index (χ2v) is 1.52. The zero-order valence-corrected chi connectivity index (χ0v) is 4.02. The summed E-state index contributed by atoms with van der Waals surface area (Å²) in [4.78, 5) is 0. The van der Waals surface area contributed by atoms with Crippen LogP contribution in [0.5, 0.6) is 0 Å². The number of rotatable bonds is 2. The molecule has 0 aromatic heterocycles. The van der Waals surface area contributed by atoms with Gasteiger partial charge in [0.1, 0.15) is 0 Å². The van der Waals surface area contributed by atoms with Gasteiger partial charge < -0.3 is 10.8 Å². The maximum Gasteiger partial charge on any atom is 0.0468 e. The quantitative estimate of drug-likeness (QED) is 0.527. The Hall–Kier alpha value is -0.0800. The molecule has 0 radical (unpaired) electrons. The fourth-order valence-corrected chi connectivity index (χ4v) is 0.0745. The van der Waals surface area contributed by atoms with Gasteiger partial charge in [0.2, 0.25) is 0 Å². The minimum atomic E-state index is 0. The van der Waals surface area contributed by atoms with Crippen molar-refractivity contribution in [3.63, 3.8) is 0 Å². The summed E-state index contributed by atoms with van der Waals surface area (Å²) >= 11 is 0. The smallest absolute Gasteiger partial charge is 0.0468 e. The highest BCUT2D eigenvalue weighted by Crippen LogP contribution is 1.83. The third-order valence-electron chi connectivity index (χ3n) is 0.714. The van der Waals surface area contributed by atoms with E-state index in [1.54, 1.807) is 0 Å². The van der Waals surface area contributed by atoms with E-state index in [0.29, 0.717) is 6.54 Å². The summed E-state index contributed by atoms with van der Waals surface area (Å²) in [7, 11) is 0. The van der Waals surface area contributed by atoms with Crippen molar-refractivity contribution in [3.05, 3.63) is 0 Å². The molecule has 0 aliphatic heterocycles. The van der Waals surface area contributed by atoms with Crippen molar-refractivity contribution >= 4 is 0 Å². The van der Waals surface area contributed by atoms with Gasteiger partial charge in [-0.2, -0.15) is 0 Å². The van der Waals surface area contributed by atoms with Gasteiger partial charge in [0.05, 0.1) is 0 Å². The lowest BCUT2D eigenvalue weighted by molar-refractivity contribution is 0.241. The monoisotopic (exact) mass is 105 g/mol. The molecular weight excluding hydrogens is 90.1 g/mol. The first-order chi connectivity index (χ1) is 2.81. The van der Waals surface area contributed by atoms with Gasteiger partial charge in [0.15, 0.2) is 0 Å².